The molecule has 0 aliphatic rings. The van der Waals surface area contributed by atoms with Crippen LogP contribution in [0, 0.1) is 11.6 Å². The van der Waals surface area contributed by atoms with Crippen molar-refractivity contribution in [2.24, 2.45) is 0 Å². The molecule has 0 aliphatic carbocycles. The number of aliphatic hydroxyl groups is 1. The highest BCUT2D eigenvalue weighted by atomic mass is 19.4. The van der Waals surface area contributed by atoms with Crippen LogP contribution in [0.1, 0.15) is 38.3 Å². The minimum atomic E-state index is -5.00. The van der Waals surface area contributed by atoms with Crippen molar-refractivity contribution in [3.05, 3.63) is 80.4 Å². The van der Waals surface area contributed by atoms with E-state index in [-0.39, 0.29) is 22.2 Å². The fourth-order valence-corrected chi connectivity index (χ4v) is 4.24. The van der Waals surface area contributed by atoms with Gasteiger partial charge in [0.1, 0.15) is 23.4 Å². The first-order valence-corrected chi connectivity index (χ1v) is 12.2. The number of aromatic nitrogens is 5. The number of nitrogens with zero attached hydrogens (tertiary/aromatic N) is 4. The topological polar surface area (TPSA) is 126 Å². The Morgan fingerprint density at radius 1 is 1.05 bits per heavy atom. The van der Waals surface area contributed by atoms with Crippen LogP contribution in [0.5, 0.6) is 0 Å². The Morgan fingerprint density at radius 3 is 2.32 bits per heavy atom. The lowest BCUT2D eigenvalue weighted by molar-refractivity contribution is -0.138. The molecule has 0 fully saturated rings. The molecule has 0 unspecified atom stereocenters. The monoisotopic (exact) mass is 582 g/mol. The van der Waals surface area contributed by atoms with Gasteiger partial charge in [0.2, 0.25) is 0 Å². The number of hydrogen-bond donors (Lipinski definition) is 3. The maximum Gasteiger partial charge on any atom is 0.423 e. The molecule has 9 nitrogen and oxygen atoms in total. The predicted molar refractivity (Wildman–Crippen MR) is 137 cm³/mol. The first-order chi connectivity index (χ1) is 19.1. The van der Waals surface area contributed by atoms with Crippen LogP contribution in [-0.4, -0.2) is 42.1 Å². The van der Waals surface area contributed by atoms with Crippen LogP contribution < -0.4 is 16.4 Å². The van der Waals surface area contributed by atoms with Gasteiger partial charge in [-0.3, -0.25) is 9.59 Å². The number of anilines is 1. The zero-order valence-electron chi connectivity index (χ0n) is 21.9. The van der Waals surface area contributed by atoms with Crippen LogP contribution in [0.15, 0.2) is 46.5 Å². The molecule has 0 bridgehead atoms. The second-order valence-electron chi connectivity index (χ2n) is 10.0. The van der Waals surface area contributed by atoms with Crippen molar-refractivity contribution in [2.45, 2.75) is 57.7 Å². The Kier molecular flexibility index (Phi) is 7.94. The Morgan fingerprint density at radius 2 is 1.71 bits per heavy atom. The quantitative estimate of drug-likeness (QED) is 0.265. The highest BCUT2D eigenvalue weighted by Gasteiger charge is 2.37. The van der Waals surface area contributed by atoms with E-state index in [1.807, 2.05) is 0 Å². The van der Waals surface area contributed by atoms with E-state index in [0.29, 0.717) is 10.1 Å². The van der Waals surface area contributed by atoms with Gasteiger partial charge in [-0.05, 0) is 32.9 Å². The molecule has 3 aromatic heterocycles. The molecule has 0 aliphatic heterocycles. The number of hydrogen-bond acceptors (Lipinski definition) is 7. The third-order valence-electron chi connectivity index (χ3n) is 6.27. The van der Waals surface area contributed by atoms with Gasteiger partial charge in [0.15, 0.2) is 5.82 Å². The third kappa shape index (κ3) is 6.39. The van der Waals surface area contributed by atoms with Gasteiger partial charge in [-0.15, -0.1) is 0 Å². The lowest BCUT2D eigenvalue weighted by Crippen LogP contribution is -2.30. The second kappa shape index (κ2) is 11.0. The van der Waals surface area contributed by atoms with Crippen molar-refractivity contribution in [1.82, 2.24) is 24.7 Å². The molecule has 218 valence electrons. The number of aromatic amines is 1. The molecule has 1 aromatic carbocycles. The van der Waals surface area contributed by atoms with E-state index in [1.165, 1.54) is 33.2 Å². The highest BCUT2D eigenvalue weighted by molar-refractivity contribution is 5.86. The average molecular weight is 583 g/mol. The molecule has 4 aromatic rings. The molecule has 2 atom stereocenters. The smallest absolute Gasteiger partial charge is 0.386 e. The van der Waals surface area contributed by atoms with E-state index in [0.717, 1.165) is 24.5 Å². The Labute approximate surface area is 227 Å². The van der Waals surface area contributed by atoms with Gasteiger partial charge in [-0.25, -0.2) is 28.2 Å². The first kappa shape index (κ1) is 29.7. The SMILES string of the molecule is C[C@H](C[C@H](F)Cn1cc(F)c2cc(-c3ncc(C(C)(C)O)cn3)c(F)cc2c1=O)Nc1cn[nH]c(=O)c1C(F)(F)F. The summed E-state index contributed by atoms with van der Waals surface area (Å²) < 4.78 is 85.4. The predicted octanol–water partition coefficient (Wildman–Crippen LogP) is 4.30. The fourth-order valence-electron chi connectivity index (χ4n) is 4.24. The van der Waals surface area contributed by atoms with Crippen LogP contribution >= 0.6 is 0 Å². The maximum absolute atomic E-state index is 15.0. The normalized spacial score (nSPS) is 13.8. The minimum Gasteiger partial charge on any atom is -0.386 e. The molecular weight excluding hydrogens is 558 g/mol. The van der Waals surface area contributed by atoms with Crippen molar-refractivity contribution in [3.63, 3.8) is 0 Å². The molecule has 0 amide bonds. The summed E-state index contributed by atoms with van der Waals surface area (Å²) in [6, 6.07) is 0.881. The average Bonchev–Trinajstić information content (AvgIpc) is 2.85. The molecule has 0 saturated carbocycles. The molecule has 15 heteroatoms. The van der Waals surface area contributed by atoms with Crippen LogP contribution in [0.2, 0.25) is 0 Å². The summed E-state index contributed by atoms with van der Waals surface area (Å²) in [5.41, 5.74) is -5.64. The largest absolute Gasteiger partial charge is 0.423 e. The summed E-state index contributed by atoms with van der Waals surface area (Å²) >= 11 is 0. The molecule has 4 rings (SSSR count). The number of halogens is 6. The number of benzene rings is 1. The van der Waals surface area contributed by atoms with Crippen molar-refractivity contribution in [1.29, 1.82) is 0 Å². The Hall–Kier alpha value is -4.27. The standard InChI is InChI=1S/C26H24F6N6O3/c1-12(36-20-9-35-37-23(39)21(20)26(30,31)32)4-14(27)10-38-11-19(29)15-5-17(18(28)6-16(15)24(38)40)22-33-7-13(8-34-22)25(2,3)41/h5-9,11-12,14,41H,4,10H2,1-3H3,(H2,36,37,39)/t12-,14+/m1/s1. The van der Waals surface area contributed by atoms with E-state index in [2.05, 4.69) is 20.4 Å². The Bertz CT molecular complexity index is 1700. The van der Waals surface area contributed by atoms with Gasteiger partial charge in [0.05, 0.1) is 35.0 Å². The van der Waals surface area contributed by atoms with Gasteiger partial charge in [0, 0.05) is 42.0 Å². The maximum atomic E-state index is 15.0. The van der Waals surface area contributed by atoms with Crippen LogP contribution in [0.3, 0.4) is 0 Å². The number of fused-ring (bicyclic) bond motifs is 1. The fraction of sp³-hybridized carbons (Fsp3) is 0.346. The number of pyridine rings is 1. The van der Waals surface area contributed by atoms with Crippen molar-refractivity contribution >= 4 is 16.5 Å². The summed E-state index contributed by atoms with van der Waals surface area (Å²) in [6.45, 7) is 3.69. The van der Waals surface area contributed by atoms with Crippen molar-refractivity contribution in [3.8, 4) is 11.4 Å². The second-order valence-corrected chi connectivity index (χ2v) is 10.0. The lowest BCUT2D eigenvalue weighted by atomic mass is 10.0. The van der Waals surface area contributed by atoms with Crippen LogP contribution in [0.4, 0.5) is 32.0 Å². The van der Waals surface area contributed by atoms with E-state index in [9.17, 15) is 36.6 Å². The zero-order chi connectivity index (χ0) is 30.3. The van der Waals surface area contributed by atoms with E-state index >= 15 is 4.39 Å². The van der Waals surface area contributed by atoms with Gasteiger partial charge in [-0.1, -0.05) is 0 Å². The van der Waals surface area contributed by atoms with Crippen LogP contribution in [0.25, 0.3) is 22.2 Å². The summed E-state index contributed by atoms with van der Waals surface area (Å²) in [7, 11) is 0. The van der Waals surface area contributed by atoms with Crippen molar-refractivity contribution in [2.75, 3.05) is 5.32 Å². The number of H-pyrrole nitrogens is 1. The zero-order valence-corrected chi connectivity index (χ0v) is 21.9. The van der Waals surface area contributed by atoms with E-state index in [4.69, 9.17) is 0 Å². The van der Waals surface area contributed by atoms with Gasteiger partial charge in [-0.2, -0.15) is 18.3 Å². The molecule has 3 N–H and O–H groups in total. The summed E-state index contributed by atoms with van der Waals surface area (Å²) in [5.74, 6) is -2.02. The molecule has 0 saturated heterocycles. The first-order valence-electron chi connectivity index (χ1n) is 12.2. The minimum absolute atomic E-state index is 0.115. The molecule has 3 heterocycles. The van der Waals surface area contributed by atoms with Gasteiger partial charge in [0.25, 0.3) is 11.1 Å². The number of rotatable bonds is 8. The third-order valence-corrected chi connectivity index (χ3v) is 6.27. The van der Waals surface area contributed by atoms with Crippen molar-refractivity contribution < 1.29 is 31.4 Å². The number of nitrogens with one attached hydrogen (secondary N) is 2. The summed E-state index contributed by atoms with van der Waals surface area (Å²) in [5, 5.41) is 16.8. The van der Waals surface area contributed by atoms with E-state index < -0.39 is 71.0 Å². The Balaban J connectivity index is 1.56. The van der Waals surface area contributed by atoms with E-state index in [1.54, 1.807) is 5.10 Å². The van der Waals surface area contributed by atoms with Gasteiger partial charge >= 0.3 is 6.18 Å². The van der Waals surface area contributed by atoms with Gasteiger partial charge < -0.3 is 15.0 Å². The lowest BCUT2D eigenvalue weighted by Gasteiger charge is -2.20. The molecule has 41 heavy (non-hydrogen) atoms. The summed E-state index contributed by atoms with van der Waals surface area (Å²) in [4.78, 5) is 32.6. The molecular formula is C26H24F6N6O3. The highest BCUT2D eigenvalue weighted by Crippen LogP contribution is 2.32. The number of alkyl halides is 4. The molecule has 0 radical (unpaired) electrons. The van der Waals surface area contributed by atoms with Crippen LogP contribution in [-0.2, 0) is 18.3 Å². The summed E-state index contributed by atoms with van der Waals surface area (Å²) in [6.07, 6.45) is -3.21. The molecule has 0 spiro atoms.